The largest absolute Gasteiger partial charge is 0.327 e. The zero-order valence-electron chi connectivity index (χ0n) is 10.2. The lowest BCUT2D eigenvalue weighted by atomic mass is 10.2. The number of nitrogens with zero attached hydrogens (tertiary/aromatic N) is 1. The maximum atomic E-state index is 11.9. The summed E-state index contributed by atoms with van der Waals surface area (Å²) in [7, 11) is -3.25. The molecule has 0 amide bonds. The standard InChI is InChI=1S/C12H16N2O2S2/c1-10(14)9-17-6-7-18(15,16)12-4-2-11(8-13)3-5-12/h2-5,10H,6-7,9,14H2,1H3. The van der Waals surface area contributed by atoms with Crippen LogP contribution in [0.15, 0.2) is 29.2 Å². The van der Waals surface area contributed by atoms with Crippen LogP contribution in [-0.2, 0) is 9.84 Å². The van der Waals surface area contributed by atoms with Crippen LogP contribution in [0.25, 0.3) is 0 Å². The van der Waals surface area contributed by atoms with Crippen molar-refractivity contribution >= 4 is 21.6 Å². The van der Waals surface area contributed by atoms with E-state index in [4.69, 9.17) is 11.0 Å². The first-order valence-corrected chi connectivity index (χ1v) is 8.32. The molecule has 0 spiro atoms. The molecule has 0 bridgehead atoms. The van der Waals surface area contributed by atoms with Crippen LogP contribution in [0.2, 0.25) is 0 Å². The molecular formula is C12H16N2O2S2. The lowest BCUT2D eigenvalue weighted by Crippen LogP contribution is -2.18. The molecule has 0 aliphatic heterocycles. The zero-order valence-corrected chi connectivity index (χ0v) is 11.8. The lowest BCUT2D eigenvalue weighted by molar-refractivity contribution is 0.597. The summed E-state index contributed by atoms with van der Waals surface area (Å²) in [5.74, 6) is 1.38. The summed E-state index contributed by atoms with van der Waals surface area (Å²) in [4.78, 5) is 0.267. The van der Waals surface area contributed by atoms with E-state index in [1.807, 2.05) is 13.0 Å². The van der Waals surface area contributed by atoms with Gasteiger partial charge in [0.15, 0.2) is 9.84 Å². The van der Waals surface area contributed by atoms with Crippen LogP contribution in [0, 0.1) is 11.3 Å². The Labute approximate surface area is 112 Å². The normalized spacial score (nSPS) is 12.9. The molecule has 0 saturated heterocycles. The van der Waals surface area contributed by atoms with Crippen molar-refractivity contribution in [3.05, 3.63) is 29.8 Å². The van der Waals surface area contributed by atoms with E-state index < -0.39 is 9.84 Å². The molecule has 0 aromatic heterocycles. The van der Waals surface area contributed by atoms with Gasteiger partial charge in [-0.2, -0.15) is 17.0 Å². The van der Waals surface area contributed by atoms with E-state index in [-0.39, 0.29) is 16.7 Å². The smallest absolute Gasteiger partial charge is 0.179 e. The van der Waals surface area contributed by atoms with Gasteiger partial charge in [0.05, 0.1) is 22.3 Å². The number of sulfone groups is 1. The first-order valence-electron chi connectivity index (χ1n) is 5.52. The molecule has 1 rings (SSSR count). The monoisotopic (exact) mass is 284 g/mol. The van der Waals surface area contributed by atoms with Crippen molar-refractivity contribution in [1.82, 2.24) is 0 Å². The fourth-order valence-electron chi connectivity index (χ4n) is 1.29. The third kappa shape index (κ3) is 4.69. The minimum atomic E-state index is -3.25. The summed E-state index contributed by atoms with van der Waals surface area (Å²) in [6.07, 6.45) is 0. The lowest BCUT2D eigenvalue weighted by Gasteiger charge is -2.06. The van der Waals surface area contributed by atoms with Crippen LogP contribution in [0.4, 0.5) is 0 Å². The van der Waals surface area contributed by atoms with Crippen LogP contribution in [0.1, 0.15) is 12.5 Å². The Morgan fingerprint density at radius 2 is 2.00 bits per heavy atom. The SMILES string of the molecule is CC(N)CSCCS(=O)(=O)c1ccc(C#N)cc1. The Hall–Kier alpha value is -1.03. The minimum absolute atomic E-state index is 0.0765. The Balaban J connectivity index is 2.60. The molecule has 0 aliphatic rings. The molecule has 1 unspecified atom stereocenters. The van der Waals surface area contributed by atoms with Crippen molar-refractivity contribution in [2.24, 2.45) is 5.73 Å². The van der Waals surface area contributed by atoms with Gasteiger partial charge in [0, 0.05) is 17.5 Å². The highest BCUT2D eigenvalue weighted by Crippen LogP contribution is 2.14. The first-order chi connectivity index (χ1) is 8.45. The van der Waals surface area contributed by atoms with Crippen molar-refractivity contribution in [3.63, 3.8) is 0 Å². The van der Waals surface area contributed by atoms with Crippen LogP contribution in [-0.4, -0.2) is 31.7 Å². The average Bonchev–Trinajstić information content (AvgIpc) is 2.34. The van der Waals surface area contributed by atoms with E-state index in [2.05, 4.69) is 0 Å². The molecule has 0 heterocycles. The van der Waals surface area contributed by atoms with Gasteiger partial charge in [-0.3, -0.25) is 0 Å². The molecule has 18 heavy (non-hydrogen) atoms. The van der Waals surface area contributed by atoms with E-state index >= 15 is 0 Å². The van der Waals surface area contributed by atoms with E-state index in [9.17, 15) is 8.42 Å². The van der Waals surface area contributed by atoms with Crippen molar-refractivity contribution in [2.45, 2.75) is 17.9 Å². The topological polar surface area (TPSA) is 84.0 Å². The second kappa shape index (κ2) is 6.78. The van der Waals surface area contributed by atoms with E-state index in [0.717, 1.165) is 5.75 Å². The van der Waals surface area contributed by atoms with Gasteiger partial charge in [-0.25, -0.2) is 8.42 Å². The number of hydrogen-bond donors (Lipinski definition) is 1. The Bertz CT molecular complexity index is 516. The summed E-state index contributed by atoms with van der Waals surface area (Å²) >= 11 is 1.53. The predicted molar refractivity (Wildman–Crippen MR) is 74.2 cm³/mol. The van der Waals surface area contributed by atoms with Crippen molar-refractivity contribution in [1.29, 1.82) is 5.26 Å². The molecule has 0 fully saturated rings. The Morgan fingerprint density at radius 3 is 2.50 bits per heavy atom. The van der Waals surface area contributed by atoms with Gasteiger partial charge in [-0.1, -0.05) is 0 Å². The number of rotatable bonds is 6. The zero-order chi connectivity index (χ0) is 13.6. The maximum absolute atomic E-state index is 11.9. The van der Waals surface area contributed by atoms with Gasteiger partial charge in [-0.15, -0.1) is 0 Å². The fraction of sp³-hybridized carbons (Fsp3) is 0.417. The van der Waals surface area contributed by atoms with Gasteiger partial charge in [0.2, 0.25) is 0 Å². The van der Waals surface area contributed by atoms with Crippen molar-refractivity contribution in [3.8, 4) is 6.07 Å². The summed E-state index contributed by atoms with van der Waals surface area (Å²) < 4.78 is 23.9. The molecule has 2 N–H and O–H groups in total. The van der Waals surface area contributed by atoms with Crippen LogP contribution < -0.4 is 5.73 Å². The average molecular weight is 284 g/mol. The number of benzene rings is 1. The molecule has 1 aromatic carbocycles. The predicted octanol–water partition coefficient (Wildman–Crippen LogP) is 1.41. The molecule has 0 radical (unpaired) electrons. The third-order valence-corrected chi connectivity index (χ3v) is 5.46. The highest BCUT2D eigenvalue weighted by molar-refractivity contribution is 8.00. The minimum Gasteiger partial charge on any atom is -0.327 e. The fourth-order valence-corrected chi connectivity index (χ4v) is 3.97. The highest BCUT2D eigenvalue weighted by atomic mass is 32.2. The summed E-state index contributed by atoms with van der Waals surface area (Å²) in [5, 5.41) is 8.64. The Kier molecular flexibility index (Phi) is 5.66. The molecule has 6 heteroatoms. The molecular weight excluding hydrogens is 268 g/mol. The summed E-state index contributed by atoms with van der Waals surface area (Å²) in [5.41, 5.74) is 6.04. The van der Waals surface area contributed by atoms with Gasteiger partial charge >= 0.3 is 0 Å². The van der Waals surface area contributed by atoms with E-state index in [1.54, 1.807) is 0 Å². The van der Waals surface area contributed by atoms with E-state index in [0.29, 0.717) is 11.3 Å². The first kappa shape index (κ1) is 15.0. The molecule has 1 aromatic rings. The number of nitrogens with two attached hydrogens (primary N) is 1. The van der Waals surface area contributed by atoms with Crippen molar-refractivity contribution < 1.29 is 8.42 Å². The number of hydrogen-bond acceptors (Lipinski definition) is 5. The molecule has 4 nitrogen and oxygen atoms in total. The summed E-state index contributed by atoms with van der Waals surface area (Å²) in [6.45, 7) is 1.89. The number of thioether (sulfide) groups is 1. The summed E-state index contributed by atoms with van der Waals surface area (Å²) in [6, 6.07) is 8.02. The van der Waals surface area contributed by atoms with Crippen LogP contribution in [0.3, 0.4) is 0 Å². The maximum Gasteiger partial charge on any atom is 0.179 e. The van der Waals surface area contributed by atoms with Gasteiger partial charge in [0.25, 0.3) is 0 Å². The van der Waals surface area contributed by atoms with Crippen molar-refractivity contribution in [2.75, 3.05) is 17.3 Å². The van der Waals surface area contributed by atoms with Gasteiger partial charge in [0.1, 0.15) is 0 Å². The van der Waals surface area contributed by atoms with Crippen LogP contribution >= 0.6 is 11.8 Å². The molecule has 0 aliphatic carbocycles. The third-order valence-electron chi connectivity index (χ3n) is 2.22. The second-order valence-electron chi connectivity index (χ2n) is 4.01. The van der Waals surface area contributed by atoms with E-state index in [1.165, 1.54) is 36.0 Å². The van der Waals surface area contributed by atoms with Gasteiger partial charge < -0.3 is 5.73 Å². The second-order valence-corrected chi connectivity index (χ2v) is 7.27. The molecule has 0 saturated carbocycles. The molecule has 98 valence electrons. The number of nitriles is 1. The van der Waals surface area contributed by atoms with Crippen LogP contribution in [0.5, 0.6) is 0 Å². The Morgan fingerprint density at radius 1 is 1.39 bits per heavy atom. The highest BCUT2D eigenvalue weighted by Gasteiger charge is 2.13. The quantitative estimate of drug-likeness (QED) is 0.798. The van der Waals surface area contributed by atoms with Gasteiger partial charge in [-0.05, 0) is 31.2 Å². The molecule has 1 atom stereocenters.